The Balaban J connectivity index is 1.90. The van der Waals surface area contributed by atoms with E-state index in [1.54, 1.807) is 24.4 Å². The Labute approximate surface area is 127 Å². The monoisotopic (exact) mass is 306 g/mol. The molecule has 5 nitrogen and oxygen atoms in total. The Morgan fingerprint density at radius 2 is 2.10 bits per heavy atom. The van der Waals surface area contributed by atoms with Crippen LogP contribution < -0.4 is 5.32 Å². The maximum atomic E-state index is 11.8. The lowest BCUT2D eigenvalue weighted by molar-refractivity contribution is -0.113. The topological polar surface area (TPSA) is 75.4 Å². The second-order valence-electron chi connectivity index (χ2n) is 5.59. The molecule has 1 aromatic heterocycles. The number of carbonyl (C=O) groups is 1. The molecule has 0 aliphatic heterocycles. The number of nitrogens with one attached hydrogen (secondary N) is 1. The summed E-state index contributed by atoms with van der Waals surface area (Å²) >= 11 is 1.22. The van der Waals surface area contributed by atoms with E-state index in [0.29, 0.717) is 10.9 Å². The number of phenols is 1. The highest BCUT2D eigenvalue weighted by Gasteiger charge is 2.19. The third-order valence-corrected chi connectivity index (χ3v) is 3.57. The molecule has 0 unspecified atom stereocenters. The molecule has 0 aliphatic rings. The molecular weight excluding hydrogens is 288 g/mol. The number of aromatic nitrogens is 1. The van der Waals surface area contributed by atoms with Gasteiger partial charge in [-0.1, -0.05) is 44.7 Å². The summed E-state index contributed by atoms with van der Waals surface area (Å²) in [4.78, 5) is 16.0. The standard InChI is InChI=1S/C15H18N2O3S/c1-15(2,3)12-8-16-14(20-12)21-9-13(19)17-10-6-4-5-7-11(10)18/h4-8,18H,9H2,1-3H3,(H,17,19). The van der Waals surface area contributed by atoms with Crippen LogP contribution in [0.1, 0.15) is 26.5 Å². The molecule has 112 valence electrons. The molecule has 21 heavy (non-hydrogen) atoms. The van der Waals surface area contributed by atoms with Crippen molar-refractivity contribution in [2.75, 3.05) is 11.1 Å². The molecule has 1 amide bonds. The number of carbonyl (C=O) groups excluding carboxylic acids is 1. The van der Waals surface area contributed by atoms with Crippen molar-refractivity contribution < 1.29 is 14.3 Å². The normalized spacial score (nSPS) is 11.4. The number of nitrogens with zero attached hydrogens (tertiary/aromatic N) is 1. The molecule has 2 aromatic rings. The number of hydrogen-bond donors (Lipinski definition) is 2. The number of hydrogen-bond acceptors (Lipinski definition) is 5. The summed E-state index contributed by atoms with van der Waals surface area (Å²) in [6.07, 6.45) is 1.68. The minimum atomic E-state index is -0.225. The van der Waals surface area contributed by atoms with E-state index >= 15 is 0 Å². The molecule has 0 bridgehead atoms. The van der Waals surface area contributed by atoms with Gasteiger partial charge in [0.2, 0.25) is 5.91 Å². The Kier molecular flexibility index (Phi) is 4.57. The van der Waals surface area contributed by atoms with Gasteiger partial charge in [0.05, 0.1) is 17.6 Å². The molecule has 0 atom stereocenters. The molecule has 0 fully saturated rings. The fourth-order valence-electron chi connectivity index (χ4n) is 1.56. The predicted octanol–water partition coefficient (Wildman–Crippen LogP) is 3.41. The van der Waals surface area contributed by atoms with E-state index in [-0.39, 0.29) is 22.8 Å². The maximum absolute atomic E-state index is 11.8. The Morgan fingerprint density at radius 3 is 2.71 bits per heavy atom. The van der Waals surface area contributed by atoms with Crippen molar-refractivity contribution in [3.63, 3.8) is 0 Å². The molecule has 0 spiro atoms. The largest absolute Gasteiger partial charge is 0.506 e. The number of anilines is 1. The van der Waals surface area contributed by atoms with Crippen molar-refractivity contribution in [3.8, 4) is 5.75 Å². The highest BCUT2D eigenvalue weighted by Crippen LogP contribution is 2.27. The highest BCUT2D eigenvalue weighted by atomic mass is 32.2. The van der Waals surface area contributed by atoms with Gasteiger partial charge in [0.15, 0.2) is 0 Å². The number of amides is 1. The van der Waals surface area contributed by atoms with Crippen LogP contribution in [0.15, 0.2) is 40.1 Å². The lowest BCUT2D eigenvalue weighted by atomic mass is 9.94. The average molecular weight is 306 g/mol. The smallest absolute Gasteiger partial charge is 0.256 e. The van der Waals surface area contributed by atoms with Crippen LogP contribution in [0.5, 0.6) is 5.75 Å². The van der Waals surface area contributed by atoms with Crippen LogP contribution >= 0.6 is 11.8 Å². The summed E-state index contributed by atoms with van der Waals surface area (Å²) in [5, 5.41) is 12.7. The zero-order chi connectivity index (χ0) is 15.5. The number of benzene rings is 1. The van der Waals surface area contributed by atoms with Gasteiger partial charge in [0.25, 0.3) is 5.22 Å². The number of thioether (sulfide) groups is 1. The van der Waals surface area contributed by atoms with Gasteiger partial charge < -0.3 is 14.8 Å². The lowest BCUT2D eigenvalue weighted by Crippen LogP contribution is -2.14. The predicted molar refractivity (Wildman–Crippen MR) is 82.7 cm³/mol. The summed E-state index contributed by atoms with van der Waals surface area (Å²) in [6.45, 7) is 6.10. The molecule has 1 aromatic carbocycles. The van der Waals surface area contributed by atoms with Crippen molar-refractivity contribution in [1.29, 1.82) is 0 Å². The first-order chi connectivity index (χ1) is 9.86. The first-order valence-electron chi connectivity index (χ1n) is 6.53. The molecule has 0 radical (unpaired) electrons. The van der Waals surface area contributed by atoms with Crippen molar-refractivity contribution >= 4 is 23.4 Å². The number of aromatic hydroxyl groups is 1. The molecule has 2 N–H and O–H groups in total. The fraction of sp³-hybridized carbons (Fsp3) is 0.333. The second kappa shape index (κ2) is 6.22. The Morgan fingerprint density at radius 1 is 1.38 bits per heavy atom. The van der Waals surface area contributed by atoms with E-state index < -0.39 is 0 Å². The van der Waals surface area contributed by atoms with Gasteiger partial charge in [0, 0.05) is 5.41 Å². The number of para-hydroxylation sites is 2. The lowest BCUT2D eigenvalue weighted by Gasteiger charge is -2.12. The van der Waals surface area contributed by atoms with Gasteiger partial charge in [-0.25, -0.2) is 4.98 Å². The van der Waals surface area contributed by atoms with Gasteiger partial charge >= 0.3 is 0 Å². The Bertz CT molecular complexity index is 632. The van der Waals surface area contributed by atoms with E-state index in [1.807, 2.05) is 20.8 Å². The number of oxazole rings is 1. The van der Waals surface area contributed by atoms with E-state index in [1.165, 1.54) is 17.8 Å². The van der Waals surface area contributed by atoms with Crippen LogP contribution in [0.4, 0.5) is 5.69 Å². The molecule has 2 rings (SSSR count). The van der Waals surface area contributed by atoms with E-state index in [4.69, 9.17) is 4.42 Å². The van der Waals surface area contributed by atoms with Crippen LogP contribution in [-0.4, -0.2) is 21.8 Å². The van der Waals surface area contributed by atoms with Crippen LogP contribution in [0.2, 0.25) is 0 Å². The molecular formula is C15H18N2O3S. The van der Waals surface area contributed by atoms with Crippen LogP contribution in [0.25, 0.3) is 0 Å². The van der Waals surface area contributed by atoms with E-state index in [0.717, 1.165) is 5.76 Å². The molecule has 0 saturated carbocycles. The van der Waals surface area contributed by atoms with Gasteiger partial charge in [-0.05, 0) is 12.1 Å². The molecule has 0 saturated heterocycles. The first kappa shape index (κ1) is 15.4. The van der Waals surface area contributed by atoms with Crippen molar-refractivity contribution in [2.24, 2.45) is 0 Å². The third kappa shape index (κ3) is 4.26. The van der Waals surface area contributed by atoms with Crippen LogP contribution in [0.3, 0.4) is 0 Å². The van der Waals surface area contributed by atoms with Gasteiger partial charge in [-0.3, -0.25) is 4.79 Å². The third-order valence-electron chi connectivity index (χ3n) is 2.73. The number of rotatable bonds is 4. The van der Waals surface area contributed by atoms with Crippen LogP contribution in [-0.2, 0) is 10.2 Å². The molecule has 0 aliphatic carbocycles. The summed E-state index contributed by atoms with van der Waals surface area (Å²) in [7, 11) is 0. The second-order valence-corrected chi connectivity index (χ2v) is 6.52. The fourth-order valence-corrected chi connectivity index (χ4v) is 2.17. The van der Waals surface area contributed by atoms with E-state index in [2.05, 4.69) is 10.3 Å². The minimum Gasteiger partial charge on any atom is -0.506 e. The average Bonchev–Trinajstić information content (AvgIpc) is 2.88. The molecule has 1 heterocycles. The summed E-state index contributed by atoms with van der Waals surface area (Å²) in [5.74, 6) is 0.767. The maximum Gasteiger partial charge on any atom is 0.256 e. The van der Waals surface area contributed by atoms with Gasteiger partial charge in [-0.15, -0.1) is 0 Å². The van der Waals surface area contributed by atoms with E-state index in [9.17, 15) is 9.90 Å². The Hall–Kier alpha value is -1.95. The summed E-state index contributed by atoms with van der Waals surface area (Å²) in [5.41, 5.74) is 0.287. The van der Waals surface area contributed by atoms with Crippen molar-refractivity contribution in [2.45, 2.75) is 31.4 Å². The zero-order valence-corrected chi connectivity index (χ0v) is 13.0. The molecule has 6 heteroatoms. The quantitative estimate of drug-likeness (QED) is 0.669. The first-order valence-corrected chi connectivity index (χ1v) is 7.52. The SMILES string of the molecule is CC(C)(C)c1cnc(SCC(=O)Nc2ccccc2O)o1. The summed E-state index contributed by atoms with van der Waals surface area (Å²) in [6, 6.07) is 6.60. The van der Waals surface area contributed by atoms with Crippen LogP contribution in [0, 0.1) is 0 Å². The van der Waals surface area contributed by atoms with Gasteiger partial charge in [0.1, 0.15) is 11.5 Å². The van der Waals surface area contributed by atoms with Crippen molar-refractivity contribution in [3.05, 3.63) is 36.2 Å². The highest BCUT2D eigenvalue weighted by molar-refractivity contribution is 7.99. The minimum absolute atomic E-state index is 0.0435. The zero-order valence-electron chi connectivity index (χ0n) is 12.2. The number of phenolic OH excluding ortho intramolecular Hbond substituents is 1. The van der Waals surface area contributed by atoms with Crippen molar-refractivity contribution in [1.82, 2.24) is 4.98 Å². The van der Waals surface area contributed by atoms with Gasteiger partial charge in [-0.2, -0.15) is 0 Å². The summed E-state index contributed by atoms with van der Waals surface area (Å²) < 4.78 is 5.59.